The highest BCUT2D eigenvalue weighted by atomic mass is 16.5. The number of likely N-dealkylation sites (tertiary alicyclic amines) is 1. The van der Waals surface area contributed by atoms with Crippen LogP contribution in [0.15, 0.2) is 47.3 Å². The molecule has 1 fully saturated rings. The number of benzene rings is 2. The largest absolute Gasteiger partial charge is 0.490 e. The molecule has 0 radical (unpaired) electrons. The second kappa shape index (κ2) is 7.52. The monoisotopic (exact) mass is 392 g/mol. The predicted molar refractivity (Wildman–Crippen MR) is 111 cm³/mol. The van der Waals surface area contributed by atoms with Crippen LogP contribution < -0.4 is 19.9 Å². The number of aromatic nitrogens is 2. The molecule has 1 aromatic heterocycles. The molecule has 1 saturated heterocycles. The van der Waals surface area contributed by atoms with E-state index in [1.807, 2.05) is 30.3 Å². The molecule has 2 aromatic carbocycles. The van der Waals surface area contributed by atoms with Crippen molar-refractivity contribution in [3.63, 3.8) is 0 Å². The van der Waals surface area contributed by atoms with Crippen LogP contribution in [0.1, 0.15) is 49.7 Å². The van der Waals surface area contributed by atoms with Crippen molar-refractivity contribution in [2.45, 2.75) is 38.3 Å². The second-order valence-electron chi connectivity index (χ2n) is 7.97. The predicted octanol–water partition coefficient (Wildman–Crippen LogP) is 2.57. The molecule has 0 bridgehead atoms. The molecule has 2 N–H and O–H groups in total. The van der Waals surface area contributed by atoms with Crippen molar-refractivity contribution in [3.05, 3.63) is 64.2 Å². The highest BCUT2D eigenvalue weighted by molar-refractivity contribution is 5.77. The second-order valence-corrected chi connectivity index (χ2v) is 7.97. The van der Waals surface area contributed by atoms with E-state index in [1.54, 1.807) is 0 Å². The molecular weight excluding hydrogens is 366 g/mol. The summed E-state index contributed by atoms with van der Waals surface area (Å²) in [6.07, 6.45) is 3.16. The number of aromatic amines is 1. The first-order valence-corrected chi connectivity index (χ1v) is 10.4. The summed E-state index contributed by atoms with van der Waals surface area (Å²) < 4.78 is 11.7. The van der Waals surface area contributed by atoms with Gasteiger partial charge < -0.3 is 19.4 Å². The summed E-state index contributed by atoms with van der Waals surface area (Å²) in [6, 6.07) is 14.3. The van der Waals surface area contributed by atoms with Gasteiger partial charge in [-0.15, -0.1) is 0 Å². The molecule has 2 aliphatic heterocycles. The topological polar surface area (TPSA) is 68.7 Å². The van der Waals surface area contributed by atoms with E-state index in [9.17, 15) is 4.79 Å². The molecule has 0 saturated carbocycles. The van der Waals surface area contributed by atoms with Crippen molar-refractivity contribution >= 4 is 10.9 Å². The molecule has 3 heterocycles. The van der Waals surface area contributed by atoms with Gasteiger partial charge in [0.1, 0.15) is 12.1 Å². The number of quaternary nitrogens is 1. The Morgan fingerprint density at radius 1 is 1.10 bits per heavy atom. The first-order valence-electron chi connectivity index (χ1n) is 10.4. The molecule has 2 aliphatic rings. The van der Waals surface area contributed by atoms with E-state index in [0.717, 1.165) is 48.6 Å². The van der Waals surface area contributed by atoms with Gasteiger partial charge in [0.25, 0.3) is 5.56 Å². The number of fused-ring (bicyclic) bond motifs is 2. The number of hydrogen-bond acceptors (Lipinski definition) is 4. The van der Waals surface area contributed by atoms with Crippen LogP contribution in [-0.2, 0) is 0 Å². The lowest BCUT2D eigenvalue weighted by molar-refractivity contribution is -0.948. The lowest BCUT2D eigenvalue weighted by atomic mass is 10.0. The van der Waals surface area contributed by atoms with Gasteiger partial charge in [-0.2, -0.15) is 0 Å². The SMILES string of the molecule is C[C@@H](c1nc2ccccc2c(=O)[nH]1)[NH+]1CCC[C@@H]1c1ccc2c(c1)OCCCO2. The fourth-order valence-corrected chi connectivity index (χ4v) is 4.65. The Kier molecular flexibility index (Phi) is 4.72. The van der Waals surface area contributed by atoms with Crippen molar-refractivity contribution in [3.8, 4) is 11.5 Å². The summed E-state index contributed by atoms with van der Waals surface area (Å²) in [7, 11) is 0. The van der Waals surface area contributed by atoms with E-state index in [-0.39, 0.29) is 11.6 Å². The average Bonchev–Trinajstić information content (AvgIpc) is 3.11. The Bertz CT molecular complexity index is 1090. The van der Waals surface area contributed by atoms with Crippen LogP contribution in [0.4, 0.5) is 0 Å². The van der Waals surface area contributed by atoms with Crippen molar-refractivity contribution in [2.24, 2.45) is 0 Å². The van der Waals surface area contributed by atoms with E-state index in [4.69, 9.17) is 14.5 Å². The van der Waals surface area contributed by atoms with Crippen LogP contribution in [0.2, 0.25) is 0 Å². The minimum absolute atomic E-state index is 0.0665. The zero-order valence-corrected chi connectivity index (χ0v) is 16.6. The first kappa shape index (κ1) is 18.2. The number of ether oxygens (including phenoxy) is 2. The normalized spacial score (nSPS) is 22.4. The molecule has 6 heteroatoms. The van der Waals surface area contributed by atoms with Crippen LogP contribution in [0, 0.1) is 0 Å². The number of para-hydroxylation sites is 1. The molecule has 3 atom stereocenters. The van der Waals surface area contributed by atoms with Gasteiger partial charge in [0.2, 0.25) is 0 Å². The third kappa shape index (κ3) is 3.38. The van der Waals surface area contributed by atoms with Gasteiger partial charge in [-0.3, -0.25) is 4.79 Å². The number of rotatable bonds is 3. The van der Waals surface area contributed by atoms with E-state index in [2.05, 4.69) is 24.0 Å². The van der Waals surface area contributed by atoms with Crippen LogP contribution >= 0.6 is 0 Å². The zero-order valence-electron chi connectivity index (χ0n) is 16.6. The van der Waals surface area contributed by atoms with Crippen molar-refractivity contribution in [1.82, 2.24) is 9.97 Å². The Balaban J connectivity index is 1.46. The lowest BCUT2D eigenvalue weighted by Crippen LogP contribution is -3.10. The van der Waals surface area contributed by atoms with Crippen LogP contribution in [0.3, 0.4) is 0 Å². The minimum atomic E-state index is -0.0665. The van der Waals surface area contributed by atoms with Crippen LogP contribution in [-0.4, -0.2) is 29.7 Å². The number of nitrogens with zero attached hydrogens (tertiary/aromatic N) is 1. The average molecular weight is 392 g/mol. The van der Waals surface area contributed by atoms with Gasteiger partial charge in [0, 0.05) is 24.8 Å². The standard InChI is InChI=1S/C23H25N3O3/c1-15(22-24-18-7-3-2-6-17(18)23(27)25-22)26-11-4-8-19(26)16-9-10-20-21(14-16)29-13-5-12-28-20/h2-3,6-7,9-10,14-15,19H,4-5,8,11-13H2,1H3,(H,24,25,27)/p+1/t15-,19+/m0/s1. The van der Waals surface area contributed by atoms with Gasteiger partial charge in [-0.1, -0.05) is 12.1 Å². The molecule has 0 amide bonds. The molecule has 0 aliphatic carbocycles. The summed E-state index contributed by atoms with van der Waals surface area (Å²) in [4.78, 5) is 21.8. The van der Waals surface area contributed by atoms with Gasteiger partial charge in [0.05, 0.1) is 30.7 Å². The highest BCUT2D eigenvalue weighted by Crippen LogP contribution is 2.33. The van der Waals surface area contributed by atoms with Crippen molar-refractivity contribution in [2.75, 3.05) is 19.8 Å². The summed E-state index contributed by atoms with van der Waals surface area (Å²) in [6.45, 7) is 4.60. The smallest absolute Gasteiger partial charge is 0.258 e. The molecule has 150 valence electrons. The van der Waals surface area contributed by atoms with Crippen LogP contribution in [0.25, 0.3) is 10.9 Å². The van der Waals surface area contributed by atoms with E-state index < -0.39 is 0 Å². The third-order valence-electron chi connectivity index (χ3n) is 6.18. The summed E-state index contributed by atoms with van der Waals surface area (Å²) in [5, 5.41) is 0.638. The zero-order chi connectivity index (χ0) is 19.8. The van der Waals surface area contributed by atoms with Gasteiger partial charge in [0.15, 0.2) is 17.3 Å². The van der Waals surface area contributed by atoms with Gasteiger partial charge >= 0.3 is 0 Å². The Labute approximate surface area is 169 Å². The van der Waals surface area contributed by atoms with Gasteiger partial charge in [-0.05, 0) is 37.3 Å². The summed E-state index contributed by atoms with van der Waals surface area (Å²) >= 11 is 0. The molecule has 0 spiro atoms. The lowest BCUT2D eigenvalue weighted by Gasteiger charge is -2.27. The Morgan fingerprint density at radius 3 is 2.83 bits per heavy atom. The fourth-order valence-electron chi connectivity index (χ4n) is 4.65. The van der Waals surface area contributed by atoms with Gasteiger partial charge in [-0.25, -0.2) is 4.98 Å². The van der Waals surface area contributed by atoms with E-state index in [1.165, 1.54) is 10.5 Å². The van der Waals surface area contributed by atoms with E-state index >= 15 is 0 Å². The Morgan fingerprint density at radius 2 is 1.93 bits per heavy atom. The number of hydrogen-bond donors (Lipinski definition) is 2. The molecular formula is C23H26N3O3+. The maximum Gasteiger partial charge on any atom is 0.258 e. The number of nitrogens with one attached hydrogen (secondary N) is 2. The molecule has 1 unspecified atom stereocenters. The van der Waals surface area contributed by atoms with Crippen molar-refractivity contribution < 1.29 is 14.4 Å². The minimum Gasteiger partial charge on any atom is -0.490 e. The number of H-pyrrole nitrogens is 1. The molecule has 6 nitrogen and oxygen atoms in total. The van der Waals surface area contributed by atoms with Crippen LogP contribution in [0.5, 0.6) is 11.5 Å². The summed E-state index contributed by atoms with van der Waals surface area (Å²) in [5.74, 6) is 2.43. The first-order chi connectivity index (χ1) is 14.2. The molecule has 5 rings (SSSR count). The fraction of sp³-hybridized carbons (Fsp3) is 0.391. The maximum atomic E-state index is 12.5. The molecule has 29 heavy (non-hydrogen) atoms. The third-order valence-corrected chi connectivity index (χ3v) is 6.18. The summed E-state index contributed by atoms with van der Waals surface area (Å²) in [5.41, 5.74) is 1.95. The molecule has 3 aromatic rings. The highest BCUT2D eigenvalue weighted by Gasteiger charge is 2.36. The maximum absolute atomic E-state index is 12.5. The van der Waals surface area contributed by atoms with Crippen molar-refractivity contribution in [1.29, 1.82) is 0 Å². The Hall–Kier alpha value is -2.86. The quantitative estimate of drug-likeness (QED) is 0.719. The van der Waals surface area contributed by atoms with E-state index in [0.29, 0.717) is 24.6 Å².